The van der Waals surface area contributed by atoms with Gasteiger partial charge in [-0.15, -0.1) is 0 Å². The van der Waals surface area contributed by atoms with E-state index >= 15 is 0 Å². The average molecular weight is 228 g/mol. The lowest BCUT2D eigenvalue weighted by atomic mass is 9.94. The summed E-state index contributed by atoms with van der Waals surface area (Å²) in [5.41, 5.74) is 7.23. The molecule has 0 bridgehead atoms. The van der Waals surface area contributed by atoms with Gasteiger partial charge in [-0.05, 0) is 30.7 Å². The Balaban J connectivity index is 2.39. The number of benzene rings is 1. The second kappa shape index (κ2) is 5.06. The van der Waals surface area contributed by atoms with Crippen LogP contribution in [0, 0.1) is 5.92 Å². The van der Waals surface area contributed by atoms with Gasteiger partial charge in [-0.2, -0.15) is 0 Å². The molecule has 2 N–H and O–H groups in total. The molecule has 0 aliphatic rings. The first-order chi connectivity index (χ1) is 8.26. The summed E-state index contributed by atoms with van der Waals surface area (Å²) < 4.78 is 0. The number of ketones is 1. The zero-order valence-electron chi connectivity index (χ0n) is 9.89. The van der Waals surface area contributed by atoms with E-state index in [1.54, 1.807) is 6.20 Å². The summed E-state index contributed by atoms with van der Waals surface area (Å²) in [6, 6.07) is 9.43. The Labute approximate surface area is 101 Å². The van der Waals surface area contributed by atoms with Crippen LogP contribution < -0.4 is 5.73 Å². The quantitative estimate of drug-likeness (QED) is 0.817. The Hall–Kier alpha value is -1.74. The lowest BCUT2D eigenvalue weighted by Gasteiger charge is -2.11. The highest BCUT2D eigenvalue weighted by Crippen LogP contribution is 2.17. The smallest absolute Gasteiger partial charge is 0.167 e. The number of hydrogen-bond acceptors (Lipinski definition) is 3. The van der Waals surface area contributed by atoms with E-state index in [4.69, 9.17) is 5.73 Å². The van der Waals surface area contributed by atoms with Crippen LogP contribution in [-0.4, -0.2) is 17.3 Å². The van der Waals surface area contributed by atoms with Crippen molar-refractivity contribution < 1.29 is 4.79 Å². The minimum atomic E-state index is -0.0795. The van der Waals surface area contributed by atoms with Gasteiger partial charge in [0.15, 0.2) is 5.78 Å². The molecule has 0 aliphatic carbocycles. The summed E-state index contributed by atoms with van der Waals surface area (Å²) in [6.07, 6.45) is 2.53. The summed E-state index contributed by atoms with van der Waals surface area (Å²) in [7, 11) is 0. The summed E-state index contributed by atoms with van der Waals surface area (Å²) in [6.45, 7) is 2.39. The number of carbonyl (C=O) groups is 1. The first-order valence-corrected chi connectivity index (χ1v) is 5.85. The van der Waals surface area contributed by atoms with Gasteiger partial charge in [-0.3, -0.25) is 9.78 Å². The van der Waals surface area contributed by atoms with Gasteiger partial charge in [0.05, 0.1) is 5.52 Å². The average Bonchev–Trinajstić information content (AvgIpc) is 2.39. The zero-order valence-corrected chi connectivity index (χ0v) is 9.89. The molecule has 0 aliphatic heterocycles. The van der Waals surface area contributed by atoms with Crippen LogP contribution in [0.5, 0.6) is 0 Å². The molecule has 1 unspecified atom stereocenters. The third kappa shape index (κ3) is 2.34. The van der Waals surface area contributed by atoms with Crippen molar-refractivity contribution in [2.45, 2.75) is 13.3 Å². The van der Waals surface area contributed by atoms with Crippen LogP contribution in [0.15, 0.2) is 36.5 Å². The van der Waals surface area contributed by atoms with Crippen molar-refractivity contribution in [3.05, 3.63) is 42.1 Å². The van der Waals surface area contributed by atoms with Gasteiger partial charge in [-0.25, -0.2) is 0 Å². The number of aromatic nitrogens is 1. The Bertz CT molecular complexity index is 532. The topological polar surface area (TPSA) is 56.0 Å². The molecule has 0 saturated carbocycles. The minimum Gasteiger partial charge on any atom is -0.330 e. The number of fused-ring (bicyclic) bond motifs is 1. The lowest BCUT2D eigenvalue weighted by Crippen LogP contribution is -2.23. The number of rotatable bonds is 4. The molecular weight excluding hydrogens is 212 g/mol. The van der Waals surface area contributed by atoms with Crippen LogP contribution in [0.1, 0.15) is 23.7 Å². The SMILES string of the molecule is CCC(CN)C(=O)c1ccc2ncccc2c1. The van der Waals surface area contributed by atoms with Crippen LogP contribution in [0.3, 0.4) is 0 Å². The van der Waals surface area contributed by atoms with Gasteiger partial charge in [-0.1, -0.05) is 13.0 Å². The Morgan fingerprint density at radius 1 is 1.41 bits per heavy atom. The summed E-state index contributed by atoms with van der Waals surface area (Å²) in [5.74, 6) is 0.0462. The van der Waals surface area contributed by atoms with Crippen molar-refractivity contribution in [3.63, 3.8) is 0 Å². The van der Waals surface area contributed by atoms with Crippen molar-refractivity contribution >= 4 is 16.7 Å². The standard InChI is InChI=1S/C14H16N2O/c1-2-10(9-15)14(17)12-5-6-13-11(8-12)4-3-7-16-13/h3-8,10H,2,9,15H2,1H3. The fourth-order valence-electron chi connectivity index (χ4n) is 1.92. The predicted molar refractivity (Wildman–Crippen MR) is 68.9 cm³/mol. The van der Waals surface area contributed by atoms with E-state index in [0.717, 1.165) is 22.9 Å². The second-order valence-corrected chi connectivity index (χ2v) is 4.12. The second-order valence-electron chi connectivity index (χ2n) is 4.12. The first-order valence-electron chi connectivity index (χ1n) is 5.85. The Morgan fingerprint density at radius 2 is 2.24 bits per heavy atom. The third-order valence-corrected chi connectivity index (χ3v) is 3.04. The highest BCUT2D eigenvalue weighted by Gasteiger charge is 2.16. The van der Waals surface area contributed by atoms with Gasteiger partial charge in [0.25, 0.3) is 0 Å². The summed E-state index contributed by atoms with van der Waals surface area (Å²) >= 11 is 0. The van der Waals surface area contributed by atoms with Crippen molar-refractivity contribution in [2.75, 3.05) is 6.54 Å². The molecule has 1 heterocycles. The van der Waals surface area contributed by atoms with E-state index in [-0.39, 0.29) is 11.7 Å². The van der Waals surface area contributed by atoms with Crippen molar-refractivity contribution in [2.24, 2.45) is 11.7 Å². The van der Waals surface area contributed by atoms with Gasteiger partial charge < -0.3 is 5.73 Å². The molecule has 0 spiro atoms. The van der Waals surface area contributed by atoms with E-state index in [0.29, 0.717) is 6.54 Å². The van der Waals surface area contributed by atoms with Gasteiger partial charge in [0.2, 0.25) is 0 Å². The molecule has 2 aromatic rings. The molecule has 3 nitrogen and oxygen atoms in total. The summed E-state index contributed by atoms with van der Waals surface area (Å²) in [4.78, 5) is 16.4. The van der Waals surface area contributed by atoms with Crippen LogP contribution in [0.4, 0.5) is 0 Å². The highest BCUT2D eigenvalue weighted by molar-refractivity contribution is 6.00. The normalized spacial score (nSPS) is 12.6. The molecule has 2 rings (SSSR count). The molecule has 88 valence electrons. The minimum absolute atomic E-state index is 0.0795. The lowest BCUT2D eigenvalue weighted by molar-refractivity contribution is 0.0921. The van der Waals surface area contributed by atoms with E-state index < -0.39 is 0 Å². The zero-order chi connectivity index (χ0) is 12.3. The molecule has 0 radical (unpaired) electrons. The maximum absolute atomic E-state index is 12.2. The van der Waals surface area contributed by atoms with Crippen LogP contribution in [0.25, 0.3) is 10.9 Å². The highest BCUT2D eigenvalue weighted by atomic mass is 16.1. The predicted octanol–water partition coefficient (Wildman–Crippen LogP) is 2.40. The first kappa shape index (κ1) is 11.7. The summed E-state index contributed by atoms with van der Waals surface area (Å²) in [5, 5.41) is 0.991. The molecule has 1 atom stereocenters. The maximum Gasteiger partial charge on any atom is 0.167 e. The molecule has 1 aromatic heterocycles. The van der Waals surface area contributed by atoms with Gasteiger partial charge in [0, 0.05) is 29.6 Å². The molecule has 0 saturated heterocycles. The molecule has 1 aromatic carbocycles. The number of hydrogen-bond donors (Lipinski definition) is 1. The van der Waals surface area contributed by atoms with Gasteiger partial charge >= 0.3 is 0 Å². The number of nitrogens with zero attached hydrogens (tertiary/aromatic N) is 1. The fourth-order valence-corrected chi connectivity index (χ4v) is 1.92. The maximum atomic E-state index is 12.2. The number of Topliss-reactive ketones (excluding diaryl/α,β-unsaturated/α-hetero) is 1. The number of nitrogens with two attached hydrogens (primary N) is 1. The molecular formula is C14H16N2O. The van der Waals surface area contributed by atoms with Crippen molar-refractivity contribution in [1.29, 1.82) is 0 Å². The third-order valence-electron chi connectivity index (χ3n) is 3.04. The van der Waals surface area contributed by atoms with Gasteiger partial charge in [0.1, 0.15) is 0 Å². The van der Waals surface area contributed by atoms with Crippen LogP contribution in [-0.2, 0) is 0 Å². The van der Waals surface area contributed by atoms with E-state index in [2.05, 4.69) is 4.98 Å². The van der Waals surface area contributed by atoms with Crippen LogP contribution in [0.2, 0.25) is 0 Å². The van der Waals surface area contributed by atoms with Crippen LogP contribution >= 0.6 is 0 Å². The molecule has 0 amide bonds. The van der Waals surface area contributed by atoms with E-state index in [1.165, 1.54) is 0 Å². The largest absolute Gasteiger partial charge is 0.330 e. The van der Waals surface area contributed by atoms with E-state index in [1.807, 2.05) is 37.3 Å². The van der Waals surface area contributed by atoms with Crippen molar-refractivity contribution in [1.82, 2.24) is 4.98 Å². The molecule has 3 heteroatoms. The number of carbonyl (C=O) groups excluding carboxylic acids is 1. The number of pyridine rings is 1. The molecule has 0 fully saturated rings. The Morgan fingerprint density at radius 3 is 2.94 bits per heavy atom. The van der Waals surface area contributed by atoms with Crippen molar-refractivity contribution in [3.8, 4) is 0 Å². The monoisotopic (exact) mass is 228 g/mol. The molecule has 17 heavy (non-hydrogen) atoms. The fraction of sp³-hybridized carbons (Fsp3) is 0.286. The van der Waals surface area contributed by atoms with E-state index in [9.17, 15) is 4.79 Å². The Kier molecular flexibility index (Phi) is 3.49.